The molecule has 19 heavy (non-hydrogen) atoms. The summed E-state index contributed by atoms with van der Waals surface area (Å²) in [4.78, 5) is 4.55. The van der Waals surface area contributed by atoms with E-state index in [0.29, 0.717) is 11.4 Å². The Kier molecular flexibility index (Phi) is 2.97. The number of hydrogen-bond acceptors (Lipinski definition) is 5. The Morgan fingerprint density at radius 3 is 2.89 bits per heavy atom. The van der Waals surface area contributed by atoms with Gasteiger partial charge < -0.3 is 14.9 Å². The van der Waals surface area contributed by atoms with Crippen LogP contribution < -0.4 is 10.5 Å². The highest BCUT2D eigenvalue weighted by atomic mass is 32.1. The fourth-order valence-electron chi connectivity index (χ4n) is 1.81. The van der Waals surface area contributed by atoms with Crippen molar-refractivity contribution in [2.45, 2.75) is 0 Å². The molecule has 0 unspecified atom stereocenters. The number of nitrogen functional groups attached to an aromatic ring is 1. The number of thiazole rings is 1. The molecule has 2 aromatic heterocycles. The van der Waals surface area contributed by atoms with Gasteiger partial charge in [-0.1, -0.05) is 0 Å². The number of furan rings is 1. The van der Waals surface area contributed by atoms with Crippen LogP contribution in [0.25, 0.3) is 22.0 Å². The van der Waals surface area contributed by atoms with Gasteiger partial charge in [0.25, 0.3) is 0 Å². The van der Waals surface area contributed by atoms with Crippen molar-refractivity contribution in [1.29, 1.82) is 0 Å². The fraction of sp³-hybridized carbons (Fsp3) is 0.0714. The molecule has 0 saturated heterocycles. The molecule has 2 N–H and O–H groups in total. The molecule has 1 aromatic carbocycles. The van der Waals surface area contributed by atoms with E-state index >= 15 is 0 Å². The maximum absolute atomic E-state index is 5.90. The third-order valence-corrected chi connectivity index (χ3v) is 3.65. The predicted octanol–water partition coefficient (Wildman–Crippen LogP) is 3.66. The average Bonchev–Trinajstić information content (AvgIpc) is 3.09. The molecule has 0 atom stereocenters. The van der Waals surface area contributed by atoms with Crippen molar-refractivity contribution in [3.05, 3.63) is 42.0 Å². The highest BCUT2D eigenvalue weighted by Gasteiger charge is 2.10. The van der Waals surface area contributed by atoms with Crippen LogP contribution in [0.15, 0.2) is 46.4 Å². The van der Waals surface area contributed by atoms with Gasteiger partial charge in [0.05, 0.1) is 19.1 Å². The summed E-state index contributed by atoms with van der Waals surface area (Å²) in [5, 5.41) is 2.87. The molecule has 0 aliphatic carbocycles. The third kappa shape index (κ3) is 2.20. The standard InChI is InChI=1S/C14H12N2O2S/c1-17-12-5-4-9(7-10(12)15)14-16-11(8-19-14)13-3-2-6-18-13/h2-8H,15H2,1H3. The normalized spacial score (nSPS) is 10.6. The zero-order valence-corrected chi connectivity index (χ0v) is 11.1. The molecule has 0 bridgehead atoms. The van der Waals surface area contributed by atoms with Gasteiger partial charge >= 0.3 is 0 Å². The zero-order valence-electron chi connectivity index (χ0n) is 10.3. The van der Waals surface area contributed by atoms with Crippen molar-refractivity contribution in [2.24, 2.45) is 0 Å². The summed E-state index contributed by atoms with van der Waals surface area (Å²) in [5.74, 6) is 1.44. The highest BCUT2D eigenvalue weighted by molar-refractivity contribution is 7.13. The van der Waals surface area contributed by atoms with Crippen LogP contribution in [0.3, 0.4) is 0 Å². The summed E-state index contributed by atoms with van der Waals surface area (Å²) < 4.78 is 10.5. The first kappa shape index (κ1) is 11.8. The summed E-state index contributed by atoms with van der Waals surface area (Å²) in [6, 6.07) is 9.39. The van der Waals surface area contributed by atoms with Gasteiger partial charge in [0, 0.05) is 10.9 Å². The topological polar surface area (TPSA) is 61.3 Å². The van der Waals surface area contributed by atoms with E-state index in [2.05, 4.69) is 4.98 Å². The minimum Gasteiger partial charge on any atom is -0.495 e. The number of nitrogens with zero attached hydrogens (tertiary/aromatic N) is 1. The Bertz CT molecular complexity index is 689. The van der Waals surface area contributed by atoms with Crippen LogP contribution in [-0.4, -0.2) is 12.1 Å². The van der Waals surface area contributed by atoms with Crippen LogP contribution in [-0.2, 0) is 0 Å². The molecule has 3 rings (SSSR count). The van der Waals surface area contributed by atoms with Crippen molar-refractivity contribution in [1.82, 2.24) is 4.98 Å². The minimum absolute atomic E-state index is 0.606. The van der Waals surface area contributed by atoms with E-state index in [4.69, 9.17) is 14.9 Å². The molecule has 3 aromatic rings. The monoisotopic (exact) mass is 272 g/mol. The Labute approximate surface area is 114 Å². The number of methoxy groups -OCH3 is 1. The van der Waals surface area contributed by atoms with Gasteiger partial charge in [-0.2, -0.15) is 0 Å². The summed E-state index contributed by atoms with van der Waals surface area (Å²) in [7, 11) is 1.60. The van der Waals surface area contributed by atoms with Crippen molar-refractivity contribution in [3.63, 3.8) is 0 Å². The second-order valence-electron chi connectivity index (χ2n) is 3.97. The molecule has 5 heteroatoms. The van der Waals surface area contributed by atoms with E-state index in [9.17, 15) is 0 Å². The summed E-state index contributed by atoms with van der Waals surface area (Å²) in [6.07, 6.45) is 1.64. The van der Waals surface area contributed by atoms with Gasteiger partial charge in [-0.3, -0.25) is 0 Å². The SMILES string of the molecule is COc1ccc(-c2nc(-c3ccco3)cs2)cc1N. The lowest BCUT2D eigenvalue weighted by Gasteiger charge is -2.05. The summed E-state index contributed by atoms with van der Waals surface area (Å²) >= 11 is 1.56. The summed E-state index contributed by atoms with van der Waals surface area (Å²) in [6.45, 7) is 0. The first-order valence-electron chi connectivity index (χ1n) is 5.71. The molecule has 0 spiro atoms. The average molecular weight is 272 g/mol. The Hall–Kier alpha value is -2.27. The molecule has 0 fully saturated rings. The first-order valence-corrected chi connectivity index (χ1v) is 6.59. The van der Waals surface area contributed by atoms with Gasteiger partial charge in [-0.25, -0.2) is 4.98 Å². The molecule has 0 aliphatic heterocycles. The highest BCUT2D eigenvalue weighted by Crippen LogP contribution is 2.32. The molecule has 2 heterocycles. The van der Waals surface area contributed by atoms with Gasteiger partial charge in [-0.05, 0) is 30.3 Å². The number of nitrogens with two attached hydrogens (primary N) is 1. The number of hydrogen-bond donors (Lipinski definition) is 1. The quantitative estimate of drug-likeness (QED) is 0.739. The van der Waals surface area contributed by atoms with Crippen LogP contribution in [0, 0.1) is 0 Å². The smallest absolute Gasteiger partial charge is 0.153 e. The van der Waals surface area contributed by atoms with E-state index in [-0.39, 0.29) is 0 Å². The number of benzene rings is 1. The second-order valence-corrected chi connectivity index (χ2v) is 4.83. The fourth-order valence-corrected chi connectivity index (χ4v) is 2.62. The molecule has 0 saturated carbocycles. The molecule has 0 radical (unpaired) electrons. The maximum Gasteiger partial charge on any atom is 0.153 e. The number of anilines is 1. The lowest BCUT2D eigenvalue weighted by atomic mass is 10.2. The third-order valence-electron chi connectivity index (χ3n) is 2.75. The molecule has 0 amide bonds. The predicted molar refractivity (Wildman–Crippen MR) is 76.2 cm³/mol. The maximum atomic E-state index is 5.90. The largest absolute Gasteiger partial charge is 0.495 e. The Balaban J connectivity index is 1.97. The zero-order chi connectivity index (χ0) is 13.2. The lowest BCUT2D eigenvalue weighted by molar-refractivity contribution is 0.417. The van der Waals surface area contributed by atoms with Gasteiger partial charge in [0.2, 0.25) is 0 Å². The van der Waals surface area contributed by atoms with Crippen LogP contribution in [0.5, 0.6) is 5.75 Å². The molecule has 0 aliphatic rings. The first-order chi connectivity index (χ1) is 9.28. The van der Waals surface area contributed by atoms with Gasteiger partial charge in [0.15, 0.2) is 5.76 Å². The van der Waals surface area contributed by atoms with Crippen LogP contribution in [0.2, 0.25) is 0 Å². The van der Waals surface area contributed by atoms with E-state index in [1.165, 1.54) is 0 Å². The minimum atomic E-state index is 0.606. The Morgan fingerprint density at radius 1 is 1.32 bits per heavy atom. The van der Waals surface area contributed by atoms with E-state index < -0.39 is 0 Å². The second kappa shape index (κ2) is 4.78. The molecule has 96 valence electrons. The van der Waals surface area contributed by atoms with Crippen molar-refractivity contribution < 1.29 is 9.15 Å². The van der Waals surface area contributed by atoms with Crippen LogP contribution >= 0.6 is 11.3 Å². The Morgan fingerprint density at radius 2 is 2.21 bits per heavy atom. The van der Waals surface area contributed by atoms with Crippen molar-refractivity contribution in [2.75, 3.05) is 12.8 Å². The molecule has 4 nitrogen and oxygen atoms in total. The van der Waals surface area contributed by atoms with Gasteiger partial charge in [-0.15, -0.1) is 11.3 Å². The summed E-state index contributed by atoms with van der Waals surface area (Å²) in [5.41, 5.74) is 8.32. The lowest BCUT2D eigenvalue weighted by Crippen LogP contribution is -1.92. The number of rotatable bonds is 3. The van der Waals surface area contributed by atoms with E-state index in [1.807, 2.05) is 35.7 Å². The van der Waals surface area contributed by atoms with Crippen molar-refractivity contribution >= 4 is 17.0 Å². The number of ether oxygens (including phenoxy) is 1. The number of aromatic nitrogens is 1. The van der Waals surface area contributed by atoms with Crippen molar-refractivity contribution in [3.8, 4) is 27.8 Å². The van der Waals surface area contributed by atoms with E-state index in [1.54, 1.807) is 24.7 Å². The van der Waals surface area contributed by atoms with Gasteiger partial charge in [0.1, 0.15) is 16.5 Å². The van der Waals surface area contributed by atoms with Crippen LogP contribution in [0.1, 0.15) is 0 Å². The van der Waals surface area contributed by atoms with E-state index in [0.717, 1.165) is 22.0 Å². The van der Waals surface area contributed by atoms with Crippen LogP contribution in [0.4, 0.5) is 5.69 Å². The molecular formula is C14H12N2O2S. The molecular weight excluding hydrogens is 260 g/mol.